The van der Waals surface area contributed by atoms with E-state index in [4.69, 9.17) is 9.47 Å². The molecule has 0 spiro atoms. The van der Waals surface area contributed by atoms with Gasteiger partial charge in [-0.1, -0.05) is 24.3 Å². The molecule has 1 amide bonds. The van der Waals surface area contributed by atoms with Crippen LogP contribution < -0.4 is 14.9 Å². The van der Waals surface area contributed by atoms with Gasteiger partial charge in [-0.15, -0.1) is 0 Å². The molecule has 2 aromatic carbocycles. The SMILES string of the molecule is COc1ccc(/C(C)=N\NC(=O)c2[nH]nc3c2CCc2ccccc2-3)cc1OC. The molecule has 7 nitrogen and oxygen atoms in total. The molecule has 0 unspecified atom stereocenters. The molecule has 148 valence electrons. The summed E-state index contributed by atoms with van der Waals surface area (Å²) in [7, 11) is 3.16. The first kappa shape index (κ1) is 18.7. The highest BCUT2D eigenvalue weighted by molar-refractivity contribution is 6.01. The fourth-order valence-electron chi connectivity index (χ4n) is 3.56. The monoisotopic (exact) mass is 390 g/mol. The molecule has 1 aliphatic carbocycles. The molecule has 0 saturated carbocycles. The van der Waals surface area contributed by atoms with Gasteiger partial charge >= 0.3 is 0 Å². The Morgan fingerprint density at radius 2 is 1.90 bits per heavy atom. The van der Waals surface area contributed by atoms with Crippen molar-refractivity contribution in [2.45, 2.75) is 19.8 Å². The Morgan fingerprint density at radius 3 is 2.69 bits per heavy atom. The minimum Gasteiger partial charge on any atom is -0.493 e. The smallest absolute Gasteiger partial charge is 0.289 e. The summed E-state index contributed by atoms with van der Waals surface area (Å²) in [6.45, 7) is 1.82. The van der Waals surface area contributed by atoms with E-state index in [0.717, 1.165) is 35.2 Å². The van der Waals surface area contributed by atoms with E-state index in [2.05, 4.69) is 26.8 Å². The summed E-state index contributed by atoms with van der Waals surface area (Å²) in [4.78, 5) is 12.7. The second-order valence-corrected chi connectivity index (χ2v) is 6.79. The summed E-state index contributed by atoms with van der Waals surface area (Å²) in [6, 6.07) is 13.6. The molecule has 7 heteroatoms. The van der Waals surface area contributed by atoms with Crippen molar-refractivity contribution >= 4 is 11.6 Å². The van der Waals surface area contributed by atoms with Crippen LogP contribution in [0.2, 0.25) is 0 Å². The minimum atomic E-state index is -0.307. The Bertz CT molecular complexity index is 1100. The van der Waals surface area contributed by atoms with Gasteiger partial charge in [0.1, 0.15) is 5.69 Å². The lowest BCUT2D eigenvalue weighted by Gasteiger charge is -2.15. The van der Waals surface area contributed by atoms with Crippen LogP contribution in [0.1, 0.15) is 34.1 Å². The Labute approximate surface area is 168 Å². The molecule has 0 aliphatic heterocycles. The van der Waals surface area contributed by atoms with Crippen LogP contribution in [0.25, 0.3) is 11.3 Å². The normalized spacial score (nSPS) is 12.7. The number of amides is 1. The van der Waals surface area contributed by atoms with Crippen LogP contribution in [-0.2, 0) is 12.8 Å². The van der Waals surface area contributed by atoms with Crippen molar-refractivity contribution in [2.24, 2.45) is 5.10 Å². The first-order valence-electron chi connectivity index (χ1n) is 9.35. The third-order valence-corrected chi connectivity index (χ3v) is 5.14. The summed E-state index contributed by atoms with van der Waals surface area (Å²) in [5, 5.41) is 11.5. The number of carbonyl (C=O) groups excluding carboxylic acids is 1. The largest absolute Gasteiger partial charge is 0.493 e. The van der Waals surface area contributed by atoms with Crippen LogP contribution in [0.15, 0.2) is 47.6 Å². The van der Waals surface area contributed by atoms with Gasteiger partial charge in [0.25, 0.3) is 5.91 Å². The van der Waals surface area contributed by atoms with Crippen molar-refractivity contribution < 1.29 is 14.3 Å². The van der Waals surface area contributed by atoms with Crippen molar-refractivity contribution in [3.05, 3.63) is 64.8 Å². The molecule has 0 bridgehead atoms. The van der Waals surface area contributed by atoms with E-state index >= 15 is 0 Å². The predicted octanol–water partition coefficient (Wildman–Crippen LogP) is 3.35. The van der Waals surface area contributed by atoms with Gasteiger partial charge in [-0.05, 0) is 43.5 Å². The van der Waals surface area contributed by atoms with Gasteiger partial charge in [0.15, 0.2) is 11.5 Å². The van der Waals surface area contributed by atoms with Gasteiger partial charge in [0.2, 0.25) is 0 Å². The van der Waals surface area contributed by atoms with Crippen molar-refractivity contribution in [1.82, 2.24) is 15.6 Å². The number of methoxy groups -OCH3 is 2. The molecule has 0 atom stereocenters. The first-order chi connectivity index (χ1) is 14.1. The van der Waals surface area contributed by atoms with Gasteiger partial charge in [0, 0.05) is 16.7 Å². The van der Waals surface area contributed by atoms with E-state index in [9.17, 15) is 4.79 Å². The van der Waals surface area contributed by atoms with Gasteiger partial charge in [-0.3, -0.25) is 9.89 Å². The Hall–Kier alpha value is -3.61. The molecular formula is C22H22N4O3. The highest BCUT2D eigenvalue weighted by Crippen LogP contribution is 2.33. The second kappa shape index (κ2) is 7.79. The van der Waals surface area contributed by atoms with Crippen LogP contribution in [0, 0.1) is 0 Å². The zero-order valence-electron chi connectivity index (χ0n) is 16.6. The quantitative estimate of drug-likeness (QED) is 0.517. The van der Waals surface area contributed by atoms with E-state index in [1.165, 1.54) is 5.56 Å². The van der Waals surface area contributed by atoms with Crippen LogP contribution >= 0.6 is 0 Å². The van der Waals surface area contributed by atoms with E-state index in [1.807, 2.05) is 37.3 Å². The number of aromatic nitrogens is 2. The Morgan fingerprint density at radius 1 is 1.10 bits per heavy atom. The van der Waals surface area contributed by atoms with Crippen molar-refractivity contribution in [3.8, 4) is 22.8 Å². The molecule has 1 aromatic heterocycles. The summed E-state index contributed by atoms with van der Waals surface area (Å²) in [5.41, 5.74) is 8.66. The standard InChI is InChI=1S/C22H22N4O3/c1-13(15-9-11-18(28-2)19(12-15)29-3)23-26-22(27)21-17-10-8-14-6-4-5-7-16(14)20(17)24-25-21/h4-7,9,11-12H,8,10H2,1-3H3,(H,24,25)(H,26,27)/b23-13-. The average molecular weight is 390 g/mol. The molecule has 0 radical (unpaired) electrons. The van der Waals surface area contributed by atoms with Gasteiger partial charge in [-0.2, -0.15) is 10.2 Å². The zero-order chi connectivity index (χ0) is 20.4. The number of ether oxygens (including phenoxy) is 2. The number of hydrogen-bond acceptors (Lipinski definition) is 5. The van der Waals surface area contributed by atoms with Gasteiger partial charge in [0.05, 0.1) is 25.6 Å². The van der Waals surface area contributed by atoms with Gasteiger partial charge in [-0.25, -0.2) is 5.43 Å². The van der Waals surface area contributed by atoms with Crippen LogP contribution in [-0.4, -0.2) is 36.0 Å². The molecule has 0 fully saturated rings. The minimum absolute atomic E-state index is 0.307. The number of carbonyl (C=O) groups is 1. The first-order valence-corrected chi connectivity index (χ1v) is 9.35. The maximum atomic E-state index is 12.7. The molecular weight excluding hydrogens is 368 g/mol. The average Bonchev–Trinajstić information content (AvgIpc) is 3.21. The number of benzene rings is 2. The number of nitrogens with zero attached hydrogens (tertiary/aromatic N) is 2. The second-order valence-electron chi connectivity index (χ2n) is 6.79. The summed E-state index contributed by atoms with van der Waals surface area (Å²) in [5.74, 6) is 0.933. The van der Waals surface area contributed by atoms with E-state index in [1.54, 1.807) is 20.3 Å². The zero-order valence-corrected chi connectivity index (χ0v) is 16.6. The highest BCUT2D eigenvalue weighted by atomic mass is 16.5. The summed E-state index contributed by atoms with van der Waals surface area (Å²) in [6.07, 6.45) is 1.65. The number of nitrogens with one attached hydrogen (secondary N) is 2. The van der Waals surface area contributed by atoms with Gasteiger partial charge < -0.3 is 9.47 Å². The lowest BCUT2D eigenvalue weighted by molar-refractivity contribution is 0.0949. The van der Waals surface area contributed by atoms with E-state index in [-0.39, 0.29) is 5.91 Å². The number of aromatic amines is 1. The lowest BCUT2D eigenvalue weighted by Crippen LogP contribution is -2.21. The maximum absolute atomic E-state index is 12.7. The molecule has 3 aromatic rings. The number of hydrogen-bond donors (Lipinski definition) is 2. The molecule has 1 aliphatic rings. The number of H-pyrrole nitrogens is 1. The van der Waals surface area contributed by atoms with Crippen LogP contribution in [0.4, 0.5) is 0 Å². The van der Waals surface area contributed by atoms with E-state index in [0.29, 0.717) is 22.9 Å². The highest BCUT2D eigenvalue weighted by Gasteiger charge is 2.24. The maximum Gasteiger partial charge on any atom is 0.289 e. The lowest BCUT2D eigenvalue weighted by atomic mass is 9.89. The van der Waals surface area contributed by atoms with Crippen molar-refractivity contribution in [2.75, 3.05) is 14.2 Å². The Balaban J connectivity index is 1.55. The third-order valence-electron chi connectivity index (χ3n) is 5.14. The predicted molar refractivity (Wildman–Crippen MR) is 111 cm³/mol. The van der Waals surface area contributed by atoms with Crippen molar-refractivity contribution in [3.63, 3.8) is 0 Å². The molecule has 2 N–H and O–H groups in total. The number of hydrazone groups is 1. The third kappa shape index (κ3) is 3.47. The molecule has 0 saturated heterocycles. The fraction of sp³-hybridized carbons (Fsp3) is 0.227. The van der Waals surface area contributed by atoms with Crippen LogP contribution in [0.5, 0.6) is 11.5 Å². The summed E-state index contributed by atoms with van der Waals surface area (Å²) < 4.78 is 10.6. The van der Waals surface area contributed by atoms with Crippen molar-refractivity contribution in [1.29, 1.82) is 0 Å². The molecule has 4 rings (SSSR count). The molecule has 1 heterocycles. The Kier molecular flexibility index (Phi) is 5.03. The fourth-order valence-corrected chi connectivity index (χ4v) is 3.56. The van der Waals surface area contributed by atoms with E-state index < -0.39 is 0 Å². The van der Waals surface area contributed by atoms with Crippen LogP contribution in [0.3, 0.4) is 0 Å². The topological polar surface area (TPSA) is 88.6 Å². The number of aryl methyl sites for hydroxylation is 1. The number of rotatable bonds is 5. The summed E-state index contributed by atoms with van der Waals surface area (Å²) >= 11 is 0. The molecule has 29 heavy (non-hydrogen) atoms. The number of fused-ring (bicyclic) bond motifs is 3.